The van der Waals surface area contributed by atoms with E-state index in [0.717, 1.165) is 97.3 Å². The summed E-state index contributed by atoms with van der Waals surface area (Å²) >= 11 is 0. The number of nitrogens with zero attached hydrogens (tertiary/aromatic N) is 25. The number of hydrogen-bond acceptors (Lipinski definition) is 11. The van der Waals surface area contributed by atoms with Crippen molar-refractivity contribution >= 4 is 51.1 Å². The molecule has 0 saturated carbocycles. The Labute approximate surface area is 579 Å². The van der Waals surface area contributed by atoms with E-state index in [1.165, 1.54) is 22.4 Å². The molecule has 0 atom stereocenters. The topological polar surface area (TPSA) is 269 Å². The van der Waals surface area contributed by atoms with Crippen LogP contribution >= 0.6 is 0 Å². The normalized spacial score (nSPS) is 10.2. The molecule has 0 amide bonds. The molecule has 0 spiro atoms. The lowest BCUT2D eigenvalue weighted by Gasteiger charge is -1.93. The highest BCUT2D eigenvalue weighted by atomic mass is 15.5. The second-order valence-electron chi connectivity index (χ2n) is 21.4. The maximum atomic E-state index is 4.40. The fourth-order valence-electron chi connectivity index (χ4n) is 9.49. The van der Waals surface area contributed by atoms with Crippen molar-refractivity contribution in [2.45, 2.75) is 152 Å². The van der Waals surface area contributed by atoms with Crippen molar-refractivity contribution < 1.29 is 0 Å². The molecule has 0 aliphatic carbocycles. The van der Waals surface area contributed by atoms with E-state index in [-0.39, 0.29) is 0 Å². The van der Waals surface area contributed by atoms with Crippen molar-refractivity contribution in [1.29, 1.82) is 0 Å². The average Bonchev–Trinajstić information content (AvgIpc) is 1.64. The Morgan fingerprint density at radius 3 is 1.60 bits per heavy atom. The van der Waals surface area contributed by atoms with E-state index in [1.54, 1.807) is 28.2 Å². The maximum absolute atomic E-state index is 4.40. The molecule has 4 N–H and O–H groups in total. The van der Waals surface area contributed by atoms with E-state index >= 15 is 0 Å². The van der Waals surface area contributed by atoms with Gasteiger partial charge in [0.2, 0.25) is 5.78 Å². The van der Waals surface area contributed by atoms with Gasteiger partial charge in [-0.05, 0) is 144 Å². The largest absolute Gasteiger partial charge is 0.336 e. The van der Waals surface area contributed by atoms with E-state index in [0.29, 0.717) is 0 Å². The minimum absolute atomic E-state index is 0.762. The number of imidazole rings is 4. The third kappa shape index (κ3) is 18.8. The van der Waals surface area contributed by atoms with Crippen LogP contribution < -0.4 is 0 Å². The molecule has 18 aromatic heterocycles. The van der Waals surface area contributed by atoms with Crippen LogP contribution in [0.25, 0.3) is 51.1 Å². The first-order valence-electron chi connectivity index (χ1n) is 33.7. The molecular formula is C70H107N29. The lowest BCUT2D eigenvalue weighted by atomic mass is 10.3. The standard InChI is InChI=1S/2C8H12N4.2C7H10N4.2C7H8N2.C6H7N3.2C5H5N3.5C2H6/c1-5-6(2)12-8(9-5)11(4)7(3)10-12;1-5-6(2)9-12-8(5)11(4)7(3)10-12;1-4-5(2)11-7(8-4)9-6(3)10-11;1-4-5(2)9-11-7(4)8-6(3)10-11;2*1-8-5-6-9-4-2-3-7(8)9;1-8-5-7-9-4-2-3-6(8)9;1-2-5-7-6-4-8(5)3-1;1-2-5-6-4-7-8(5)3-1;5*1-2/h2*1-4H3;1-3H3,(H,8,9,10);9H,1-3H3;2*2-6H,1H3;2-5H,1H3;1-4,7H;1-4H,(H,6,7);5*1-2H3. The monoisotopic (exact) mass is 1350 g/mol. The van der Waals surface area contributed by atoms with Crippen LogP contribution in [-0.4, -0.2) is 139 Å². The molecule has 0 bridgehead atoms. The van der Waals surface area contributed by atoms with Gasteiger partial charge in [-0.25, -0.2) is 38.0 Å². The van der Waals surface area contributed by atoms with Crippen LogP contribution in [0, 0.1) is 83.1 Å². The molecule has 0 radical (unpaired) electrons. The van der Waals surface area contributed by atoms with Crippen LogP contribution in [0.1, 0.15) is 138 Å². The van der Waals surface area contributed by atoms with Gasteiger partial charge in [-0.3, -0.25) is 24.8 Å². The summed E-state index contributed by atoms with van der Waals surface area (Å²) in [4.78, 5) is 21.1. The van der Waals surface area contributed by atoms with Crippen LogP contribution in [0.15, 0.2) is 135 Å². The molecule has 532 valence electrons. The zero-order valence-electron chi connectivity index (χ0n) is 63.4. The predicted molar refractivity (Wildman–Crippen MR) is 398 cm³/mol. The first kappa shape index (κ1) is 78.3. The highest BCUT2D eigenvalue weighted by Gasteiger charge is 2.13. The fourth-order valence-corrected chi connectivity index (χ4v) is 9.49. The van der Waals surface area contributed by atoms with E-state index < -0.39 is 0 Å². The van der Waals surface area contributed by atoms with Gasteiger partial charge in [0.1, 0.15) is 64.9 Å². The quantitative estimate of drug-likeness (QED) is 0.111. The van der Waals surface area contributed by atoms with E-state index in [9.17, 15) is 0 Å². The van der Waals surface area contributed by atoms with Crippen molar-refractivity contribution in [3.8, 4) is 0 Å². The number of aryl methyl sites for hydroxylation is 17. The molecule has 0 aliphatic rings. The fraction of sp³-hybridized carbons (Fsp3) is 0.386. The van der Waals surface area contributed by atoms with Crippen molar-refractivity contribution in [3.05, 3.63) is 204 Å². The summed E-state index contributed by atoms with van der Waals surface area (Å²) in [5.41, 5.74) is 16.5. The van der Waals surface area contributed by atoms with Crippen molar-refractivity contribution in [2.24, 2.45) is 35.2 Å². The van der Waals surface area contributed by atoms with Crippen molar-refractivity contribution in [3.63, 3.8) is 0 Å². The highest BCUT2D eigenvalue weighted by molar-refractivity contribution is 5.50. The van der Waals surface area contributed by atoms with Gasteiger partial charge >= 0.3 is 0 Å². The summed E-state index contributed by atoms with van der Waals surface area (Å²) in [6.45, 7) is 43.9. The Bertz CT molecular complexity index is 4750. The predicted octanol–water partition coefficient (Wildman–Crippen LogP) is 13.6. The minimum atomic E-state index is 0.762. The van der Waals surface area contributed by atoms with Crippen molar-refractivity contribution in [1.82, 2.24) is 139 Å². The van der Waals surface area contributed by atoms with Gasteiger partial charge in [0.15, 0.2) is 16.9 Å². The molecule has 18 heterocycles. The van der Waals surface area contributed by atoms with Crippen LogP contribution in [0.5, 0.6) is 0 Å². The zero-order chi connectivity index (χ0) is 73.4. The second-order valence-corrected chi connectivity index (χ2v) is 21.4. The van der Waals surface area contributed by atoms with Gasteiger partial charge in [-0.15, -0.1) is 14.8 Å². The molecule has 0 fully saturated rings. The Morgan fingerprint density at radius 2 is 1.03 bits per heavy atom. The van der Waals surface area contributed by atoms with E-state index in [4.69, 9.17) is 0 Å². The van der Waals surface area contributed by atoms with Gasteiger partial charge in [-0.1, -0.05) is 69.2 Å². The Balaban J connectivity index is 0.000000198. The summed E-state index contributed by atoms with van der Waals surface area (Å²) in [6.07, 6.45) is 23.2. The molecule has 29 heteroatoms. The average molecular weight is 1350 g/mol. The number of hydrogen-bond donors (Lipinski definition) is 4. The second kappa shape index (κ2) is 37.2. The lowest BCUT2D eigenvalue weighted by molar-refractivity contribution is 0.789. The Kier molecular flexibility index (Phi) is 29.4. The lowest BCUT2D eigenvalue weighted by Crippen LogP contribution is -1.91. The number of nitrogens with one attached hydrogen (secondary N) is 4. The maximum Gasteiger partial charge on any atom is 0.251 e. The van der Waals surface area contributed by atoms with Gasteiger partial charge in [0.25, 0.3) is 5.78 Å². The molecule has 0 aromatic carbocycles. The molecule has 18 aromatic rings. The molecule has 0 saturated heterocycles. The van der Waals surface area contributed by atoms with Crippen LogP contribution in [-0.2, 0) is 35.2 Å². The van der Waals surface area contributed by atoms with Gasteiger partial charge < -0.3 is 31.6 Å². The minimum Gasteiger partial charge on any atom is -0.336 e. The summed E-state index contributed by atoms with van der Waals surface area (Å²) in [5, 5.41) is 36.8. The Morgan fingerprint density at radius 1 is 0.455 bits per heavy atom. The summed E-state index contributed by atoms with van der Waals surface area (Å²) in [6, 6.07) is 20.1. The van der Waals surface area contributed by atoms with Gasteiger partial charge in [-0.2, -0.15) is 30.0 Å². The number of aromatic nitrogens is 29. The zero-order valence-corrected chi connectivity index (χ0v) is 63.4. The number of aromatic amines is 4. The van der Waals surface area contributed by atoms with Crippen LogP contribution in [0.2, 0.25) is 0 Å². The number of fused-ring (bicyclic) bond motifs is 9. The third-order valence-electron chi connectivity index (χ3n) is 15.3. The summed E-state index contributed by atoms with van der Waals surface area (Å²) in [5.74, 6) is 5.36. The van der Waals surface area contributed by atoms with E-state index in [2.05, 4.69) is 117 Å². The molecular weight excluding hydrogens is 1250 g/mol. The molecule has 29 nitrogen and oxygen atoms in total. The smallest absolute Gasteiger partial charge is 0.251 e. The number of rotatable bonds is 0. The molecule has 0 aliphatic heterocycles. The third-order valence-corrected chi connectivity index (χ3v) is 15.3. The van der Waals surface area contributed by atoms with Crippen LogP contribution in [0.3, 0.4) is 0 Å². The first-order chi connectivity index (χ1) is 47.6. The summed E-state index contributed by atoms with van der Waals surface area (Å²) in [7, 11) is 10.0. The molecule has 0 unspecified atom stereocenters. The molecule has 99 heavy (non-hydrogen) atoms. The van der Waals surface area contributed by atoms with Gasteiger partial charge in [0, 0.05) is 108 Å². The van der Waals surface area contributed by atoms with E-state index in [1.807, 2.05) is 317 Å². The van der Waals surface area contributed by atoms with Gasteiger partial charge in [0.05, 0.1) is 28.5 Å². The number of H-pyrrole nitrogens is 4. The highest BCUT2D eigenvalue weighted by Crippen LogP contribution is 2.15. The first-order valence-corrected chi connectivity index (χ1v) is 33.7. The Hall–Kier alpha value is -11.4. The van der Waals surface area contributed by atoms with Crippen molar-refractivity contribution in [2.75, 3.05) is 0 Å². The van der Waals surface area contributed by atoms with Crippen LogP contribution in [0.4, 0.5) is 0 Å². The SMILES string of the molecule is CC.CC.CC.CC.CC.Cc1nc2c(C)c(C)[nH]n2n1.Cc1nc2n(C)c(C)nn2c1C.Cc1nc2nc(C)c(C)n2[nH]1.Cc1nn2nc(C)n(C)c2c1C.Cn1ccn2cccc12.Cn1ccn2cccc12.Cn1cnn2cccc12.c1cc2[nH]ncn2c1.c1cc2nc[nH]n2c1. The molecule has 18 rings (SSSR count). The summed E-state index contributed by atoms with van der Waals surface area (Å²) < 4.78 is 27.1.